The summed E-state index contributed by atoms with van der Waals surface area (Å²) in [6.45, 7) is 3.36. The molecule has 1 aliphatic rings. The van der Waals surface area contributed by atoms with Gasteiger partial charge in [0.05, 0.1) is 31.9 Å². The van der Waals surface area contributed by atoms with E-state index in [4.69, 9.17) is 9.47 Å². The highest BCUT2D eigenvalue weighted by atomic mass is 16.5. The van der Waals surface area contributed by atoms with Gasteiger partial charge in [0.15, 0.2) is 0 Å². The predicted molar refractivity (Wildman–Crippen MR) is 60.7 cm³/mol. The first kappa shape index (κ1) is 11.0. The van der Waals surface area contributed by atoms with Gasteiger partial charge < -0.3 is 14.8 Å². The number of carbonyl (C=O) groups excluding carboxylic acids is 1. The fraction of sp³-hybridized carbons (Fsp3) is 0.417. The molecule has 0 aliphatic carbocycles. The highest BCUT2D eigenvalue weighted by molar-refractivity contribution is 5.92. The Balaban J connectivity index is 2.21. The summed E-state index contributed by atoms with van der Waals surface area (Å²) in [5.74, 6) is -0.300. The van der Waals surface area contributed by atoms with Gasteiger partial charge in [0.1, 0.15) is 0 Å². The van der Waals surface area contributed by atoms with Crippen molar-refractivity contribution in [2.75, 3.05) is 25.6 Å². The maximum absolute atomic E-state index is 11.5. The van der Waals surface area contributed by atoms with E-state index in [2.05, 4.69) is 5.32 Å². The van der Waals surface area contributed by atoms with Gasteiger partial charge in [-0.25, -0.2) is 4.79 Å². The first-order valence-corrected chi connectivity index (χ1v) is 5.24. The zero-order valence-corrected chi connectivity index (χ0v) is 9.45. The van der Waals surface area contributed by atoms with Crippen LogP contribution in [0.4, 0.5) is 5.69 Å². The van der Waals surface area contributed by atoms with Crippen LogP contribution >= 0.6 is 0 Å². The number of hydrogen-bond donors (Lipinski definition) is 1. The molecule has 0 saturated carbocycles. The van der Waals surface area contributed by atoms with E-state index in [0.717, 1.165) is 24.5 Å². The Kier molecular flexibility index (Phi) is 3.10. The van der Waals surface area contributed by atoms with Crippen LogP contribution in [0, 0.1) is 6.92 Å². The van der Waals surface area contributed by atoms with E-state index in [1.54, 1.807) is 6.07 Å². The number of anilines is 1. The van der Waals surface area contributed by atoms with E-state index < -0.39 is 0 Å². The molecule has 4 heteroatoms. The first-order valence-electron chi connectivity index (χ1n) is 5.24. The summed E-state index contributed by atoms with van der Waals surface area (Å²) >= 11 is 0. The van der Waals surface area contributed by atoms with Crippen LogP contribution in [-0.2, 0) is 9.47 Å². The van der Waals surface area contributed by atoms with E-state index in [0.29, 0.717) is 11.6 Å². The second kappa shape index (κ2) is 4.53. The highest BCUT2D eigenvalue weighted by Gasteiger charge is 2.19. The standard InChI is InChI=1S/C12H15NO3/c1-8-10(12(14)15-2)4-3-5-11(8)13-9-6-16-7-9/h3-5,9,13H,6-7H2,1-2H3. The summed E-state index contributed by atoms with van der Waals surface area (Å²) in [6.07, 6.45) is 0. The predicted octanol–water partition coefficient (Wildman–Crippen LogP) is 1.59. The minimum absolute atomic E-state index is 0.300. The van der Waals surface area contributed by atoms with Crippen molar-refractivity contribution in [3.05, 3.63) is 29.3 Å². The van der Waals surface area contributed by atoms with Gasteiger partial charge in [-0.2, -0.15) is 0 Å². The Hall–Kier alpha value is -1.55. The molecule has 1 aromatic carbocycles. The molecular weight excluding hydrogens is 206 g/mol. The third-order valence-corrected chi connectivity index (χ3v) is 2.74. The number of methoxy groups -OCH3 is 1. The minimum Gasteiger partial charge on any atom is -0.465 e. The van der Waals surface area contributed by atoms with Gasteiger partial charge in [0.2, 0.25) is 0 Å². The van der Waals surface area contributed by atoms with Gasteiger partial charge in [-0.05, 0) is 24.6 Å². The fourth-order valence-electron chi connectivity index (χ4n) is 1.66. The zero-order valence-electron chi connectivity index (χ0n) is 9.45. The molecular formula is C12H15NO3. The smallest absolute Gasteiger partial charge is 0.338 e. The maximum atomic E-state index is 11.5. The summed E-state index contributed by atoms with van der Waals surface area (Å²) in [5, 5.41) is 3.33. The molecule has 1 aromatic rings. The lowest BCUT2D eigenvalue weighted by atomic mass is 10.1. The minimum atomic E-state index is -0.300. The molecule has 0 aromatic heterocycles. The molecule has 2 rings (SSSR count). The van der Waals surface area contributed by atoms with Crippen molar-refractivity contribution in [3.8, 4) is 0 Å². The van der Waals surface area contributed by atoms with Gasteiger partial charge in [0, 0.05) is 5.69 Å². The SMILES string of the molecule is COC(=O)c1cccc(NC2COC2)c1C. The zero-order chi connectivity index (χ0) is 11.5. The van der Waals surface area contributed by atoms with Crippen LogP contribution in [-0.4, -0.2) is 32.3 Å². The first-order chi connectivity index (χ1) is 7.72. The van der Waals surface area contributed by atoms with Crippen molar-refractivity contribution in [1.82, 2.24) is 0 Å². The van der Waals surface area contributed by atoms with Crippen molar-refractivity contribution < 1.29 is 14.3 Å². The second-order valence-electron chi connectivity index (χ2n) is 3.85. The molecule has 1 aliphatic heterocycles. The van der Waals surface area contributed by atoms with Crippen molar-refractivity contribution in [2.24, 2.45) is 0 Å². The molecule has 0 radical (unpaired) electrons. The van der Waals surface area contributed by atoms with Gasteiger partial charge in [-0.15, -0.1) is 0 Å². The highest BCUT2D eigenvalue weighted by Crippen LogP contribution is 2.21. The summed E-state index contributed by atoms with van der Waals surface area (Å²) in [5.41, 5.74) is 2.49. The third-order valence-electron chi connectivity index (χ3n) is 2.74. The monoisotopic (exact) mass is 221 g/mol. The molecule has 0 bridgehead atoms. The number of benzene rings is 1. The molecule has 1 N–H and O–H groups in total. The summed E-state index contributed by atoms with van der Waals surface area (Å²) in [7, 11) is 1.39. The summed E-state index contributed by atoms with van der Waals surface area (Å²) in [6, 6.07) is 5.93. The molecule has 0 spiro atoms. The van der Waals surface area contributed by atoms with Crippen LogP contribution in [0.2, 0.25) is 0 Å². The average Bonchev–Trinajstić information content (AvgIpc) is 2.24. The van der Waals surface area contributed by atoms with Crippen molar-refractivity contribution in [3.63, 3.8) is 0 Å². The number of ether oxygens (including phenoxy) is 2. The molecule has 1 saturated heterocycles. The van der Waals surface area contributed by atoms with Gasteiger partial charge >= 0.3 is 5.97 Å². The topological polar surface area (TPSA) is 47.6 Å². The number of hydrogen-bond acceptors (Lipinski definition) is 4. The lowest BCUT2D eigenvalue weighted by molar-refractivity contribution is 0.0211. The molecule has 1 fully saturated rings. The molecule has 86 valence electrons. The quantitative estimate of drug-likeness (QED) is 0.787. The normalized spacial score (nSPS) is 15.4. The lowest BCUT2D eigenvalue weighted by Crippen LogP contribution is -2.40. The van der Waals surface area contributed by atoms with E-state index in [9.17, 15) is 4.79 Å². The van der Waals surface area contributed by atoms with E-state index >= 15 is 0 Å². The number of esters is 1. The van der Waals surface area contributed by atoms with Crippen LogP contribution in [0.5, 0.6) is 0 Å². The molecule has 0 unspecified atom stereocenters. The van der Waals surface area contributed by atoms with Gasteiger partial charge in [-0.1, -0.05) is 6.07 Å². The van der Waals surface area contributed by atoms with Crippen LogP contribution in [0.15, 0.2) is 18.2 Å². The Morgan fingerprint density at radius 3 is 2.81 bits per heavy atom. The third kappa shape index (κ3) is 2.02. The Bertz CT molecular complexity index is 399. The van der Waals surface area contributed by atoms with Crippen LogP contribution in [0.3, 0.4) is 0 Å². The number of rotatable bonds is 3. The Morgan fingerprint density at radius 2 is 2.25 bits per heavy atom. The summed E-state index contributed by atoms with van der Waals surface area (Å²) < 4.78 is 9.82. The number of carbonyl (C=O) groups is 1. The van der Waals surface area contributed by atoms with E-state index in [1.807, 2.05) is 19.1 Å². The van der Waals surface area contributed by atoms with Crippen LogP contribution in [0.1, 0.15) is 15.9 Å². The second-order valence-corrected chi connectivity index (χ2v) is 3.85. The Morgan fingerprint density at radius 1 is 1.50 bits per heavy atom. The molecule has 16 heavy (non-hydrogen) atoms. The van der Waals surface area contributed by atoms with E-state index in [1.165, 1.54) is 7.11 Å². The van der Waals surface area contributed by atoms with Crippen molar-refractivity contribution in [2.45, 2.75) is 13.0 Å². The molecule has 0 atom stereocenters. The van der Waals surface area contributed by atoms with Crippen molar-refractivity contribution in [1.29, 1.82) is 0 Å². The molecule has 1 heterocycles. The Labute approximate surface area is 94.6 Å². The average molecular weight is 221 g/mol. The van der Waals surface area contributed by atoms with Gasteiger partial charge in [-0.3, -0.25) is 0 Å². The molecule has 0 amide bonds. The van der Waals surface area contributed by atoms with Crippen molar-refractivity contribution >= 4 is 11.7 Å². The summed E-state index contributed by atoms with van der Waals surface area (Å²) in [4.78, 5) is 11.5. The van der Waals surface area contributed by atoms with Crippen LogP contribution in [0.25, 0.3) is 0 Å². The molecule has 4 nitrogen and oxygen atoms in total. The van der Waals surface area contributed by atoms with E-state index in [-0.39, 0.29) is 5.97 Å². The van der Waals surface area contributed by atoms with Crippen LogP contribution < -0.4 is 5.32 Å². The lowest BCUT2D eigenvalue weighted by Gasteiger charge is -2.28. The van der Waals surface area contributed by atoms with Gasteiger partial charge in [0.25, 0.3) is 0 Å². The fourth-order valence-corrected chi connectivity index (χ4v) is 1.66. The largest absolute Gasteiger partial charge is 0.465 e. The maximum Gasteiger partial charge on any atom is 0.338 e. The number of nitrogens with one attached hydrogen (secondary N) is 1.